The van der Waals surface area contributed by atoms with E-state index in [2.05, 4.69) is 5.32 Å². The van der Waals surface area contributed by atoms with Crippen LogP contribution < -0.4 is 11.1 Å². The topological polar surface area (TPSA) is 84.7 Å². The molecule has 0 aliphatic carbocycles. The summed E-state index contributed by atoms with van der Waals surface area (Å²) in [6.07, 6.45) is -0.363. The van der Waals surface area contributed by atoms with Crippen LogP contribution in [0.1, 0.15) is 27.6 Å². The highest BCUT2D eigenvalue weighted by atomic mass is 35.5. The molecule has 0 spiro atoms. The first-order valence-electron chi connectivity index (χ1n) is 8.42. The van der Waals surface area contributed by atoms with Crippen LogP contribution in [0.2, 0.25) is 5.02 Å². The van der Waals surface area contributed by atoms with E-state index in [9.17, 15) is 14.0 Å². The van der Waals surface area contributed by atoms with Crippen LogP contribution in [-0.2, 0) is 11.3 Å². The number of rotatable bonds is 4. The second-order valence-electron chi connectivity index (χ2n) is 6.20. The van der Waals surface area contributed by atoms with Crippen molar-refractivity contribution in [2.24, 2.45) is 5.73 Å². The van der Waals surface area contributed by atoms with Crippen LogP contribution in [0.25, 0.3) is 0 Å². The molecule has 0 bridgehead atoms. The van der Waals surface area contributed by atoms with E-state index in [0.29, 0.717) is 31.8 Å². The summed E-state index contributed by atoms with van der Waals surface area (Å²) in [4.78, 5) is 25.2. The number of carbonyl (C=O) groups is 2. The van der Waals surface area contributed by atoms with Crippen molar-refractivity contribution in [3.05, 3.63) is 70.0 Å². The van der Waals surface area contributed by atoms with E-state index >= 15 is 0 Å². The predicted octanol–water partition coefficient (Wildman–Crippen LogP) is 2.86. The van der Waals surface area contributed by atoms with Gasteiger partial charge in [-0.1, -0.05) is 29.8 Å². The molecular formula is C19H19ClFN3O3. The van der Waals surface area contributed by atoms with Gasteiger partial charge in [-0.2, -0.15) is 0 Å². The number of benzene rings is 2. The summed E-state index contributed by atoms with van der Waals surface area (Å²) in [6, 6.07) is 10.9. The van der Waals surface area contributed by atoms with E-state index < -0.39 is 11.7 Å². The van der Waals surface area contributed by atoms with Gasteiger partial charge in [-0.25, -0.2) is 9.18 Å². The Morgan fingerprint density at radius 1 is 1.26 bits per heavy atom. The van der Waals surface area contributed by atoms with Gasteiger partial charge < -0.3 is 20.7 Å². The van der Waals surface area contributed by atoms with E-state index in [4.69, 9.17) is 22.1 Å². The second kappa shape index (κ2) is 8.37. The van der Waals surface area contributed by atoms with Crippen LogP contribution in [0.15, 0.2) is 42.5 Å². The average Bonchev–Trinajstić information content (AvgIpc) is 2.68. The summed E-state index contributed by atoms with van der Waals surface area (Å²) in [5.74, 6) is -0.987. The van der Waals surface area contributed by atoms with E-state index in [0.717, 1.165) is 11.1 Å². The average molecular weight is 392 g/mol. The first-order valence-corrected chi connectivity index (χ1v) is 8.80. The van der Waals surface area contributed by atoms with Crippen LogP contribution in [-0.4, -0.2) is 36.5 Å². The zero-order chi connectivity index (χ0) is 19.4. The molecule has 1 fully saturated rings. The third-order valence-corrected chi connectivity index (χ3v) is 4.64. The maximum Gasteiger partial charge on any atom is 0.317 e. The molecule has 1 heterocycles. The Morgan fingerprint density at radius 3 is 2.67 bits per heavy atom. The number of carbonyl (C=O) groups excluding carboxylic acids is 2. The van der Waals surface area contributed by atoms with Crippen molar-refractivity contribution in [2.45, 2.75) is 12.6 Å². The minimum Gasteiger partial charge on any atom is -0.370 e. The Bertz CT molecular complexity index is 845. The Morgan fingerprint density at radius 2 is 2.00 bits per heavy atom. The zero-order valence-electron chi connectivity index (χ0n) is 14.5. The molecule has 3 rings (SSSR count). The fraction of sp³-hybridized carbons (Fsp3) is 0.263. The molecule has 0 radical (unpaired) electrons. The summed E-state index contributed by atoms with van der Waals surface area (Å²) in [5, 5.41) is 2.86. The van der Waals surface area contributed by atoms with E-state index in [1.807, 2.05) is 0 Å². The number of hydrogen-bond acceptors (Lipinski definition) is 3. The molecule has 2 aromatic carbocycles. The lowest BCUT2D eigenvalue weighted by molar-refractivity contribution is -0.0155. The summed E-state index contributed by atoms with van der Waals surface area (Å²) < 4.78 is 19.0. The quantitative estimate of drug-likeness (QED) is 0.840. The van der Waals surface area contributed by atoms with Crippen molar-refractivity contribution in [2.75, 3.05) is 19.7 Å². The minimum atomic E-state index is -0.495. The minimum absolute atomic E-state index is 0.0251. The van der Waals surface area contributed by atoms with Crippen LogP contribution in [0.3, 0.4) is 0 Å². The van der Waals surface area contributed by atoms with Gasteiger partial charge >= 0.3 is 6.03 Å². The van der Waals surface area contributed by atoms with Gasteiger partial charge in [0.05, 0.1) is 18.2 Å². The molecule has 1 saturated heterocycles. The Hall–Kier alpha value is -2.64. The molecule has 1 unspecified atom stereocenters. The molecule has 0 aromatic heterocycles. The van der Waals surface area contributed by atoms with Crippen molar-refractivity contribution < 1.29 is 18.7 Å². The lowest BCUT2D eigenvalue weighted by Gasteiger charge is -2.33. The normalized spacial score (nSPS) is 16.8. The first kappa shape index (κ1) is 19.1. The number of nitrogens with two attached hydrogens (primary N) is 1. The third kappa shape index (κ3) is 4.75. The number of primary amides is 1. The molecule has 0 saturated carbocycles. The summed E-state index contributed by atoms with van der Waals surface area (Å²) in [6.45, 7) is 1.49. The summed E-state index contributed by atoms with van der Waals surface area (Å²) in [5.41, 5.74) is 7.20. The lowest BCUT2D eigenvalue weighted by Crippen LogP contribution is -2.46. The molecule has 1 aliphatic rings. The highest BCUT2D eigenvalue weighted by molar-refractivity contribution is 6.30. The van der Waals surface area contributed by atoms with Crippen LogP contribution >= 0.6 is 11.6 Å². The molecule has 142 valence electrons. The smallest absolute Gasteiger partial charge is 0.317 e. The summed E-state index contributed by atoms with van der Waals surface area (Å²) in [7, 11) is 0. The molecule has 2 aromatic rings. The van der Waals surface area contributed by atoms with Gasteiger partial charge in [0.15, 0.2) is 0 Å². The molecule has 1 aliphatic heterocycles. The van der Waals surface area contributed by atoms with Gasteiger partial charge in [0, 0.05) is 18.7 Å². The molecular weight excluding hydrogens is 373 g/mol. The standard InChI is InChI=1S/C19H19ClFN3O3/c20-15-9-14(5-6-16(15)21)17-11-24(7-8-27-17)19(26)23-10-12-1-3-13(4-2-12)18(22)25/h1-6,9,17H,7-8,10-11H2,(H2,22,25)(H,23,26). The Labute approximate surface area is 161 Å². The Kier molecular flexibility index (Phi) is 5.93. The van der Waals surface area contributed by atoms with Gasteiger partial charge in [0.25, 0.3) is 0 Å². The van der Waals surface area contributed by atoms with Crippen molar-refractivity contribution >= 4 is 23.5 Å². The van der Waals surface area contributed by atoms with Crippen molar-refractivity contribution in [3.8, 4) is 0 Å². The SMILES string of the molecule is NC(=O)c1ccc(CNC(=O)N2CCOC(c3ccc(F)c(Cl)c3)C2)cc1. The molecule has 3 amide bonds. The lowest BCUT2D eigenvalue weighted by atomic mass is 10.1. The van der Waals surface area contributed by atoms with Gasteiger partial charge in [-0.05, 0) is 35.4 Å². The van der Waals surface area contributed by atoms with Gasteiger partial charge in [-0.3, -0.25) is 4.79 Å². The van der Waals surface area contributed by atoms with Crippen molar-refractivity contribution in [3.63, 3.8) is 0 Å². The number of nitrogens with zero attached hydrogens (tertiary/aromatic N) is 1. The van der Waals surface area contributed by atoms with Crippen LogP contribution in [0.4, 0.5) is 9.18 Å². The second-order valence-corrected chi connectivity index (χ2v) is 6.61. The number of hydrogen-bond donors (Lipinski definition) is 2. The Balaban J connectivity index is 1.57. The van der Waals surface area contributed by atoms with Crippen molar-refractivity contribution in [1.82, 2.24) is 10.2 Å². The third-order valence-electron chi connectivity index (χ3n) is 4.35. The molecule has 3 N–H and O–H groups in total. The number of ether oxygens (including phenoxy) is 1. The highest BCUT2D eigenvalue weighted by Crippen LogP contribution is 2.26. The summed E-state index contributed by atoms with van der Waals surface area (Å²) >= 11 is 5.83. The molecule has 1 atom stereocenters. The van der Waals surface area contributed by atoms with E-state index in [1.165, 1.54) is 12.1 Å². The molecule has 8 heteroatoms. The zero-order valence-corrected chi connectivity index (χ0v) is 15.2. The number of morpholine rings is 1. The van der Waals surface area contributed by atoms with Gasteiger partial charge in [0.2, 0.25) is 5.91 Å². The number of nitrogens with one attached hydrogen (secondary N) is 1. The van der Waals surface area contributed by atoms with Gasteiger partial charge in [-0.15, -0.1) is 0 Å². The predicted molar refractivity (Wildman–Crippen MR) is 98.9 cm³/mol. The van der Waals surface area contributed by atoms with Crippen molar-refractivity contribution in [1.29, 1.82) is 0 Å². The number of amides is 3. The largest absolute Gasteiger partial charge is 0.370 e. The van der Waals surface area contributed by atoms with Crippen LogP contribution in [0.5, 0.6) is 0 Å². The number of urea groups is 1. The van der Waals surface area contributed by atoms with E-state index in [1.54, 1.807) is 35.2 Å². The van der Waals surface area contributed by atoms with Crippen LogP contribution in [0, 0.1) is 5.82 Å². The van der Waals surface area contributed by atoms with Gasteiger partial charge in [0.1, 0.15) is 11.9 Å². The monoisotopic (exact) mass is 391 g/mol. The fourth-order valence-electron chi connectivity index (χ4n) is 2.82. The number of halogens is 2. The maximum atomic E-state index is 13.3. The first-order chi connectivity index (χ1) is 12.9. The van der Waals surface area contributed by atoms with E-state index in [-0.39, 0.29) is 17.2 Å². The fourth-order valence-corrected chi connectivity index (χ4v) is 3.01. The maximum absolute atomic E-state index is 13.3. The highest BCUT2D eigenvalue weighted by Gasteiger charge is 2.25. The molecule has 6 nitrogen and oxygen atoms in total. The molecule has 27 heavy (non-hydrogen) atoms.